The lowest BCUT2D eigenvalue weighted by Crippen LogP contribution is -2.34. The van der Waals surface area contributed by atoms with Crippen LogP contribution in [0.3, 0.4) is 0 Å². The lowest BCUT2D eigenvalue weighted by atomic mass is 10.0. The van der Waals surface area contributed by atoms with Crippen LogP contribution in [0.15, 0.2) is 0 Å². The minimum atomic E-state index is 0.342. The molecule has 15 heavy (non-hydrogen) atoms. The molecule has 0 aliphatic heterocycles. The molecule has 0 heterocycles. The highest BCUT2D eigenvalue weighted by molar-refractivity contribution is 5.83. The number of hydrogen-bond donors (Lipinski definition) is 0. The van der Waals surface area contributed by atoms with E-state index in [1.165, 1.54) is 6.42 Å². The predicted molar refractivity (Wildman–Crippen MR) is 63.9 cm³/mol. The molecule has 0 aromatic carbocycles. The Labute approximate surface area is 94.0 Å². The molecule has 0 spiro atoms. The third-order valence-electron chi connectivity index (χ3n) is 3.62. The Morgan fingerprint density at radius 1 is 1.47 bits per heavy atom. The number of rotatable bonds is 6. The molecule has 0 saturated heterocycles. The van der Waals surface area contributed by atoms with Crippen molar-refractivity contribution in [2.75, 3.05) is 19.6 Å². The van der Waals surface area contributed by atoms with Gasteiger partial charge >= 0.3 is 0 Å². The summed E-state index contributed by atoms with van der Waals surface area (Å²) in [6.45, 7) is 9.95. The summed E-state index contributed by atoms with van der Waals surface area (Å²) in [5, 5.41) is 0. The predicted octanol–water partition coefficient (Wildman–Crippen LogP) is 2.72. The Morgan fingerprint density at radius 2 is 2.20 bits per heavy atom. The number of carbonyl (C=O) groups is 1. The second kappa shape index (κ2) is 6.26. The molecule has 88 valence electrons. The maximum atomic E-state index is 11.6. The summed E-state index contributed by atoms with van der Waals surface area (Å²) in [5.74, 6) is 1.59. The molecule has 1 aliphatic rings. The Bertz CT molecular complexity index is 203. The largest absolute Gasteiger partial charge is 0.303 e. The van der Waals surface area contributed by atoms with E-state index < -0.39 is 0 Å². The van der Waals surface area contributed by atoms with Crippen LogP contribution in [0.4, 0.5) is 0 Å². The van der Waals surface area contributed by atoms with Crippen molar-refractivity contribution in [3.63, 3.8) is 0 Å². The molecule has 0 radical (unpaired) electrons. The number of ketones is 1. The highest BCUT2D eigenvalue weighted by atomic mass is 16.1. The van der Waals surface area contributed by atoms with Gasteiger partial charge in [0.2, 0.25) is 0 Å². The smallest absolute Gasteiger partial charge is 0.137 e. The number of Topliss-reactive ketones (excluding diaryl/α,β-unsaturated/α-hetero) is 1. The van der Waals surface area contributed by atoms with Crippen LogP contribution in [0.2, 0.25) is 0 Å². The Balaban J connectivity index is 2.35. The Morgan fingerprint density at radius 3 is 2.67 bits per heavy atom. The standard InChI is InChI=1S/C13H25NO/c1-4-11(3)9-14(5-2)10-12-7-6-8-13(12)15/h11-12H,4-10H2,1-3H3. The molecule has 0 aromatic rings. The number of hydrogen-bond acceptors (Lipinski definition) is 2. The van der Waals surface area contributed by atoms with Gasteiger partial charge in [0, 0.05) is 25.4 Å². The molecule has 0 bridgehead atoms. The average molecular weight is 211 g/mol. The van der Waals surface area contributed by atoms with Gasteiger partial charge in [0.05, 0.1) is 0 Å². The lowest BCUT2D eigenvalue weighted by Gasteiger charge is -2.26. The summed E-state index contributed by atoms with van der Waals surface area (Å²) < 4.78 is 0. The molecule has 1 fully saturated rings. The third-order valence-corrected chi connectivity index (χ3v) is 3.62. The monoisotopic (exact) mass is 211 g/mol. The van der Waals surface area contributed by atoms with Crippen LogP contribution < -0.4 is 0 Å². The van der Waals surface area contributed by atoms with E-state index in [1.807, 2.05) is 0 Å². The third kappa shape index (κ3) is 3.94. The molecule has 2 atom stereocenters. The number of nitrogens with zero attached hydrogens (tertiary/aromatic N) is 1. The summed E-state index contributed by atoms with van der Waals surface area (Å²) >= 11 is 0. The van der Waals surface area contributed by atoms with E-state index in [1.54, 1.807) is 0 Å². The van der Waals surface area contributed by atoms with Crippen LogP contribution in [0, 0.1) is 11.8 Å². The van der Waals surface area contributed by atoms with Crippen LogP contribution in [0.5, 0.6) is 0 Å². The van der Waals surface area contributed by atoms with Crippen molar-refractivity contribution in [2.24, 2.45) is 11.8 Å². The van der Waals surface area contributed by atoms with Crippen LogP contribution in [0.25, 0.3) is 0 Å². The molecular formula is C13H25NO. The minimum Gasteiger partial charge on any atom is -0.303 e. The van der Waals surface area contributed by atoms with E-state index in [0.717, 1.165) is 44.8 Å². The quantitative estimate of drug-likeness (QED) is 0.673. The molecule has 2 nitrogen and oxygen atoms in total. The first-order valence-corrected chi connectivity index (χ1v) is 6.42. The van der Waals surface area contributed by atoms with Crippen molar-refractivity contribution in [1.29, 1.82) is 0 Å². The normalized spacial score (nSPS) is 23.7. The van der Waals surface area contributed by atoms with Crippen LogP contribution in [-0.2, 0) is 4.79 Å². The van der Waals surface area contributed by atoms with E-state index in [-0.39, 0.29) is 0 Å². The first-order valence-electron chi connectivity index (χ1n) is 6.42. The fourth-order valence-corrected chi connectivity index (χ4v) is 2.30. The molecule has 0 N–H and O–H groups in total. The Kier molecular flexibility index (Phi) is 5.30. The fraction of sp³-hybridized carbons (Fsp3) is 0.923. The van der Waals surface area contributed by atoms with E-state index >= 15 is 0 Å². The van der Waals surface area contributed by atoms with Gasteiger partial charge in [0.25, 0.3) is 0 Å². The van der Waals surface area contributed by atoms with Crippen molar-refractivity contribution < 1.29 is 4.79 Å². The molecule has 2 unspecified atom stereocenters. The van der Waals surface area contributed by atoms with Crippen LogP contribution in [-0.4, -0.2) is 30.3 Å². The summed E-state index contributed by atoms with van der Waals surface area (Å²) in [7, 11) is 0. The zero-order valence-corrected chi connectivity index (χ0v) is 10.5. The topological polar surface area (TPSA) is 20.3 Å². The molecular weight excluding hydrogens is 186 g/mol. The van der Waals surface area contributed by atoms with Gasteiger partial charge in [-0.15, -0.1) is 0 Å². The van der Waals surface area contributed by atoms with Gasteiger partial charge < -0.3 is 4.90 Å². The van der Waals surface area contributed by atoms with E-state index in [9.17, 15) is 4.79 Å². The van der Waals surface area contributed by atoms with Crippen molar-refractivity contribution in [1.82, 2.24) is 4.90 Å². The van der Waals surface area contributed by atoms with Gasteiger partial charge in [0.15, 0.2) is 0 Å². The molecule has 2 heteroatoms. The molecule has 1 saturated carbocycles. The van der Waals surface area contributed by atoms with Crippen molar-refractivity contribution in [3.05, 3.63) is 0 Å². The van der Waals surface area contributed by atoms with Gasteiger partial charge in [0.1, 0.15) is 5.78 Å². The van der Waals surface area contributed by atoms with E-state index in [4.69, 9.17) is 0 Å². The van der Waals surface area contributed by atoms with E-state index in [0.29, 0.717) is 11.7 Å². The SMILES string of the molecule is CCC(C)CN(CC)CC1CCCC1=O. The minimum absolute atomic E-state index is 0.342. The summed E-state index contributed by atoms with van der Waals surface area (Å²) in [5.41, 5.74) is 0. The number of carbonyl (C=O) groups excluding carboxylic acids is 1. The maximum absolute atomic E-state index is 11.6. The van der Waals surface area contributed by atoms with Crippen molar-refractivity contribution >= 4 is 5.78 Å². The summed E-state index contributed by atoms with van der Waals surface area (Å²) in [6.07, 6.45) is 4.29. The fourth-order valence-electron chi connectivity index (χ4n) is 2.30. The second-order valence-corrected chi connectivity index (χ2v) is 4.92. The molecule has 0 aromatic heterocycles. The van der Waals surface area contributed by atoms with Gasteiger partial charge in [-0.3, -0.25) is 4.79 Å². The lowest BCUT2D eigenvalue weighted by molar-refractivity contribution is -0.121. The van der Waals surface area contributed by atoms with Gasteiger partial charge in [-0.1, -0.05) is 27.2 Å². The van der Waals surface area contributed by atoms with Gasteiger partial charge in [-0.2, -0.15) is 0 Å². The first kappa shape index (κ1) is 12.7. The van der Waals surface area contributed by atoms with E-state index in [2.05, 4.69) is 25.7 Å². The molecule has 1 rings (SSSR count). The zero-order valence-electron chi connectivity index (χ0n) is 10.5. The van der Waals surface area contributed by atoms with Gasteiger partial charge in [-0.25, -0.2) is 0 Å². The molecule has 1 aliphatic carbocycles. The highest BCUT2D eigenvalue weighted by Crippen LogP contribution is 2.22. The second-order valence-electron chi connectivity index (χ2n) is 4.92. The van der Waals surface area contributed by atoms with Crippen LogP contribution in [0.1, 0.15) is 46.5 Å². The Hall–Kier alpha value is -0.370. The average Bonchev–Trinajstić information content (AvgIpc) is 2.63. The van der Waals surface area contributed by atoms with Gasteiger partial charge in [-0.05, 0) is 25.3 Å². The van der Waals surface area contributed by atoms with Crippen molar-refractivity contribution in [2.45, 2.75) is 46.5 Å². The zero-order chi connectivity index (χ0) is 11.3. The summed E-state index contributed by atoms with van der Waals surface area (Å²) in [6, 6.07) is 0. The first-order chi connectivity index (χ1) is 7.17. The molecule has 0 amide bonds. The highest BCUT2D eigenvalue weighted by Gasteiger charge is 2.26. The van der Waals surface area contributed by atoms with Crippen molar-refractivity contribution in [3.8, 4) is 0 Å². The maximum Gasteiger partial charge on any atom is 0.137 e. The van der Waals surface area contributed by atoms with Crippen LogP contribution >= 0.6 is 0 Å². The summed E-state index contributed by atoms with van der Waals surface area (Å²) in [4.78, 5) is 14.0.